The van der Waals surface area contributed by atoms with E-state index in [9.17, 15) is 4.79 Å². The number of ether oxygens (including phenoxy) is 1. The molecule has 0 unspecified atom stereocenters. The van der Waals surface area contributed by atoms with E-state index < -0.39 is 5.97 Å². The lowest BCUT2D eigenvalue weighted by molar-refractivity contribution is -0.129. The second kappa shape index (κ2) is 5.54. The largest absolute Gasteiger partial charge is 0.402 e. The number of aryl methyl sites for hydroxylation is 1. The third-order valence-corrected chi connectivity index (χ3v) is 3.34. The molecule has 0 spiro atoms. The fourth-order valence-corrected chi connectivity index (χ4v) is 2.07. The summed E-state index contributed by atoms with van der Waals surface area (Å²) in [6.07, 6.45) is 1.68. The quantitative estimate of drug-likeness (QED) is 0.621. The Morgan fingerprint density at radius 1 is 1.05 bits per heavy atom. The van der Waals surface area contributed by atoms with Gasteiger partial charge in [-0.15, -0.1) is 0 Å². The van der Waals surface area contributed by atoms with Gasteiger partial charge in [0.25, 0.3) is 0 Å². The Balaban J connectivity index is 1.91. The van der Waals surface area contributed by atoms with E-state index in [-0.39, 0.29) is 5.70 Å². The van der Waals surface area contributed by atoms with Crippen LogP contribution in [-0.2, 0) is 9.53 Å². The van der Waals surface area contributed by atoms with Crippen LogP contribution in [0.3, 0.4) is 0 Å². The Labute approximate surface area is 127 Å². The number of hydrogen-bond donors (Lipinski definition) is 0. The summed E-state index contributed by atoms with van der Waals surface area (Å²) in [4.78, 5) is 16.1. The molecule has 0 saturated heterocycles. The molecule has 0 bridgehead atoms. The highest BCUT2D eigenvalue weighted by atomic mass is 35.5. The molecule has 3 nitrogen and oxygen atoms in total. The number of hydrogen-bond acceptors (Lipinski definition) is 3. The molecule has 0 fully saturated rings. The molecule has 2 aromatic carbocycles. The summed E-state index contributed by atoms with van der Waals surface area (Å²) < 4.78 is 5.21. The van der Waals surface area contributed by atoms with Crippen molar-refractivity contribution in [3.8, 4) is 0 Å². The normalized spacial score (nSPS) is 16.0. The van der Waals surface area contributed by atoms with Crippen molar-refractivity contribution >= 4 is 29.5 Å². The summed E-state index contributed by atoms with van der Waals surface area (Å²) in [7, 11) is 0. The van der Waals surface area contributed by atoms with Gasteiger partial charge in [0.15, 0.2) is 5.70 Å². The minimum absolute atomic E-state index is 0.285. The molecule has 0 aromatic heterocycles. The van der Waals surface area contributed by atoms with Crippen LogP contribution in [0.4, 0.5) is 0 Å². The van der Waals surface area contributed by atoms with Crippen molar-refractivity contribution in [1.82, 2.24) is 0 Å². The van der Waals surface area contributed by atoms with Gasteiger partial charge in [-0.2, -0.15) is 0 Å². The Kier molecular flexibility index (Phi) is 3.59. The van der Waals surface area contributed by atoms with Gasteiger partial charge in [0, 0.05) is 10.6 Å². The van der Waals surface area contributed by atoms with Crippen molar-refractivity contribution in [3.63, 3.8) is 0 Å². The SMILES string of the molecule is Cc1ccc(C2=NC(=Cc3ccc(Cl)cc3)C(=O)O2)cc1. The van der Waals surface area contributed by atoms with Crippen molar-refractivity contribution in [2.45, 2.75) is 6.92 Å². The van der Waals surface area contributed by atoms with E-state index in [0.717, 1.165) is 16.7 Å². The average molecular weight is 298 g/mol. The first kappa shape index (κ1) is 13.6. The molecular formula is C17H12ClNO2. The van der Waals surface area contributed by atoms with Crippen LogP contribution in [0, 0.1) is 6.92 Å². The first-order valence-corrected chi connectivity index (χ1v) is 6.85. The maximum Gasteiger partial charge on any atom is 0.363 e. The average Bonchev–Trinajstić information content (AvgIpc) is 2.83. The monoisotopic (exact) mass is 297 g/mol. The molecule has 1 heterocycles. The van der Waals surface area contributed by atoms with E-state index in [2.05, 4.69) is 4.99 Å². The Hall–Kier alpha value is -2.39. The molecule has 4 heteroatoms. The number of aliphatic imine (C=N–C) groups is 1. The van der Waals surface area contributed by atoms with Gasteiger partial charge in [-0.3, -0.25) is 0 Å². The predicted molar refractivity (Wildman–Crippen MR) is 83.2 cm³/mol. The molecule has 0 amide bonds. The van der Waals surface area contributed by atoms with Crippen molar-refractivity contribution in [1.29, 1.82) is 0 Å². The highest BCUT2D eigenvalue weighted by Crippen LogP contribution is 2.20. The standard InChI is InChI=1S/C17H12ClNO2/c1-11-2-6-13(7-3-11)16-19-15(17(20)21-16)10-12-4-8-14(18)9-5-12/h2-10H,1H3. The highest BCUT2D eigenvalue weighted by molar-refractivity contribution is 6.30. The zero-order valence-corrected chi connectivity index (χ0v) is 12.1. The van der Waals surface area contributed by atoms with Crippen molar-refractivity contribution < 1.29 is 9.53 Å². The maximum absolute atomic E-state index is 11.9. The van der Waals surface area contributed by atoms with Gasteiger partial charge in [-0.1, -0.05) is 41.4 Å². The molecular weight excluding hydrogens is 286 g/mol. The van der Waals surface area contributed by atoms with E-state index >= 15 is 0 Å². The van der Waals surface area contributed by atoms with Crippen LogP contribution in [-0.4, -0.2) is 11.9 Å². The lowest BCUT2D eigenvalue weighted by Crippen LogP contribution is -2.05. The third kappa shape index (κ3) is 3.03. The predicted octanol–water partition coefficient (Wildman–Crippen LogP) is 3.99. The zero-order chi connectivity index (χ0) is 14.8. The van der Waals surface area contributed by atoms with Gasteiger partial charge >= 0.3 is 5.97 Å². The van der Waals surface area contributed by atoms with Crippen LogP contribution in [0.25, 0.3) is 6.08 Å². The van der Waals surface area contributed by atoms with Crippen molar-refractivity contribution in [3.05, 3.63) is 75.9 Å². The smallest absolute Gasteiger partial charge is 0.363 e. The van der Waals surface area contributed by atoms with Gasteiger partial charge in [0.2, 0.25) is 5.90 Å². The van der Waals surface area contributed by atoms with E-state index in [0.29, 0.717) is 10.9 Å². The highest BCUT2D eigenvalue weighted by Gasteiger charge is 2.23. The van der Waals surface area contributed by atoms with Crippen molar-refractivity contribution in [2.75, 3.05) is 0 Å². The Morgan fingerprint density at radius 2 is 1.71 bits per heavy atom. The van der Waals surface area contributed by atoms with E-state index in [1.54, 1.807) is 18.2 Å². The number of halogens is 1. The van der Waals surface area contributed by atoms with Gasteiger partial charge in [-0.05, 0) is 42.8 Å². The Bertz CT molecular complexity index is 743. The summed E-state index contributed by atoms with van der Waals surface area (Å²) >= 11 is 5.83. The van der Waals surface area contributed by atoms with Gasteiger partial charge in [-0.25, -0.2) is 9.79 Å². The summed E-state index contributed by atoms with van der Waals surface area (Å²) in [5, 5.41) is 0.648. The first-order valence-electron chi connectivity index (χ1n) is 6.47. The zero-order valence-electron chi connectivity index (χ0n) is 11.3. The topological polar surface area (TPSA) is 38.7 Å². The molecule has 1 aliphatic heterocycles. The maximum atomic E-state index is 11.9. The number of carbonyl (C=O) groups is 1. The number of esters is 1. The van der Waals surface area contributed by atoms with Crippen molar-refractivity contribution in [2.24, 2.45) is 4.99 Å². The second-order valence-electron chi connectivity index (χ2n) is 4.75. The summed E-state index contributed by atoms with van der Waals surface area (Å²) in [5.74, 6) is -0.110. The molecule has 104 valence electrons. The summed E-state index contributed by atoms with van der Waals surface area (Å²) in [6.45, 7) is 2.00. The molecule has 0 saturated carbocycles. The number of carbonyl (C=O) groups excluding carboxylic acids is 1. The Morgan fingerprint density at radius 3 is 2.38 bits per heavy atom. The van der Waals surface area contributed by atoms with Crippen LogP contribution < -0.4 is 0 Å². The van der Waals surface area contributed by atoms with Crippen LogP contribution >= 0.6 is 11.6 Å². The lowest BCUT2D eigenvalue weighted by atomic mass is 10.1. The third-order valence-electron chi connectivity index (χ3n) is 3.09. The molecule has 0 N–H and O–H groups in total. The van der Waals surface area contributed by atoms with Crippen LogP contribution in [0.15, 0.2) is 59.2 Å². The molecule has 0 atom stereocenters. The molecule has 0 radical (unpaired) electrons. The van der Waals surface area contributed by atoms with E-state index in [4.69, 9.17) is 16.3 Å². The molecule has 1 aliphatic rings. The molecule has 21 heavy (non-hydrogen) atoms. The fraction of sp³-hybridized carbons (Fsp3) is 0.0588. The van der Waals surface area contributed by atoms with Crippen LogP contribution in [0.2, 0.25) is 5.02 Å². The number of rotatable bonds is 2. The number of cyclic esters (lactones) is 1. The van der Waals surface area contributed by atoms with Crippen LogP contribution in [0.5, 0.6) is 0 Å². The molecule has 0 aliphatic carbocycles. The van der Waals surface area contributed by atoms with E-state index in [1.165, 1.54) is 0 Å². The first-order chi connectivity index (χ1) is 10.1. The van der Waals surface area contributed by atoms with Crippen LogP contribution in [0.1, 0.15) is 16.7 Å². The minimum atomic E-state index is -0.444. The second-order valence-corrected chi connectivity index (χ2v) is 5.19. The lowest BCUT2D eigenvalue weighted by Gasteiger charge is -1.99. The number of benzene rings is 2. The van der Waals surface area contributed by atoms with E-state index in [1.807, 2.05) is 43.3 Å². The minimum Gasteiger partial charge on any atom is -0.402 e. The van der Waals surface area contributed by atoms with Gasteiger partial charge in [0.05, 0.1) is 0 Å². The van der Waals surface area contributed by atoms with Gasteiger partial charge in [0.1, 0.15) is 0 Å². The summed E-state index contributed by atoms with van der Waals surface area (Å²) in [5.41, 5.74) is 3.06. The molecule has 2 aromatic rings. The number of nitrogens with zero attached hydrogens (tertiary/aromatic N) is 1. The fourth-order valence-electron chi connectivity index (χ4n) is 1.95. The summed E-state index contributed by atoms with van der Waals surface area (Å²) in [6, 6.07) is 14.8. The van der Waals surface area contributed by atoms with Gasteiger partial charge < -0.3 is 4.74 Å². The molecule has 3 rings (SSSR count).